The molecule has 2 N–H and O–H groups in total. The number of nitrogens with zero attached hydrogens (tertiary/aromatic N) is 5. The Bertz CT molecular complexity index is 1140. The molecule has 1 aromatic carbocycles. The summed E-state index contributed by atoms with van der Waals surface area (Å²) in [5, 5.41) is 0. The van der Waals surface area contributed by atoms with Crippen LogP contribution in [0.4, 0.5) is 10.6 Å². The zero-order valence-electron chi connectivity index (χ0n) is 19.0. The number of fused-ring (bicyclic) bond motifs is 1. The minimum atomic E-state index is -0.730. The van der Waals surface area contributed by atoms with Crippen LogP contribution in [0.2, 0.25) is 0 Å². The van der Waals surface area contributed by atoms with Crippen LogP contribution in [-0.4, -0.2) is 48.8 Å². The van der Waals surface area contributed by atoms with Crippen molar-refractivity contribution in [3.8, 4) is 0 Å². The standard InChI is InChI=1S/C23H28N6O4/c1-23(2,3)21-29(22(31)32-12-15-8-5-4-6-9-15)16(20(30)33-21)10-7-11-28-14-27-17-18(24)25-13-26-19(17)28/h4-6,8-9,13-14,16,21H,7,10-12H2,1-3H3,(H2,24,25,26)/t16-,21-/m0/s1. The summed E-state index contributed by atoms with van der Waals surface area (Å²) in [5.41, 5.74) is 7.42. The second-order valence-electron chi connectivity index (χ2n) is 9.13. The van der Waals surface area contributed by atoms with Crippen molar-refractivity contribution in [3.05, 3.63) is 48.5 Å². The fourth-order valence-electron chi connectivity index (χ4n) is 3.91. The fraction of sp³-hybridized carbons (Fsp3) is 0.435. The van der Waals surface area contributed by atoms with Crippen LogP contribution in [0.15, 0.2) is 43.0 Å². The van der Waals surface area contributed by atoms with Crippen molar-refractivity contribution in [2.24, 2.45) is 5.41 Å². The molecular formula is C23H28N6O4. The number of imidazole rings is 1. The maximum absolute atomic E-state index is 13.1. The highest BCUT2D eigenvalue weighted by Crippen LogP contribution is 2.34. The predicted octanol–water partition coefficient (Wildman–Crippen LogP) is 3.13. The summed E-state index contributed by atoms with van der Waals surface area (Å²) < 4.78 is 13.0. The first-order valence-electron chi connectivity index (χ1n) is 10.9. The molecule has 1 amide bonds. The van der Waals surface area contributed by atoms with Gasteiger partial charge in [-0.3, -0.25) is 4.90 Å². The van der Waals surface area contributed by atoms with Gasteiger partial charge < -0.3 is 19.8 Å². The zero-order chi connectivity index (χ0) is 23.6. The average Bonchev–Trinajstić information content (AvgIpc) is 3.35. The lowest BCUT2D eigenvalue weighted by Gasteiger charge is -2.33. The first-order chi connectivity index (χ1) is 15.8. The van der Waals surface area contributed by atoms with Gasteiger partial charge in [-0.2, -0.15) is 0 Å². The van der Waals surface area contributed by atoms with Crippen LogP contribution in [-0.2, 0) is 27.4 Å². The van der Waals surface area contributed by atoms with E-state index in [0.717, 1.165) is 5.56 Å². The van der Waals surface area contributed by atoms with Crippen LogP contribution in [0.3, 0.4) is 0 Å². The van der Waals surface area contributed by atoms with E-state index in [2.05, 4.69) is 15.0 Å². The molecule has 4 rings (SSSR count). The van der Waals surface area contributed by atoms with Gasteiger partial charge in [-0.15, -0.1) is 0 Å². The molecule has 174 valence electrons. The number of ether oxygens (including phenoxy) is 2. The molecular weight excluding hydrogens is 424 g/mol. The van der Waals surface area contributed by atoms with E-state index in [1.54, 1.807) is 6.33 Å². The molecule has 0 spiro atoms. The molecule has 0 saturated carbocycles. The quantitative estimate of drug-likeness (QED) is 0.566. The van der Waals surface area contributed by atoms with E-state index in [0.29, 0.717) is 36.4 Å². The van der Waals surface area contributed by atoms with Crippen LogP contribution < -0.4 is 5.73 Å². The number of aromatic nitrogens is 4. The number of hydrogen-bond donors (Lipinski definition) is 1. The minimum absolute atomic E-state index is 0.121. The maximum atomic E-state index is 13.1. The molecule has 3 heterocycles. The predicted molar refractivity (Wildman–Crippen MR) is 121 cm³/mol. The van der Waals surface area contributed by atoms with Crippen LogP contribution >= 0.6 is 0 Å². The molecule has 0 bridgehead atoms. The van der Waals surface area contributed by atoms with E-state index < -0.39 is 29.7 Å². The third-order valence-electron chi connectivity index (χ3n) is 5.55. The first-order valence-corrected chi connectivity index (χ1v) is 10.9. The molecule has 2 atom stereocenters. The van der Waals surface area contributed by atoms with E-state index in [-0.39, 0.29) is 6.61 Å². The summed E-state index contributed by atoms with van der Waals surface area (Å²) in [6.45, 7) is 6.44. The monoisotopic (exact) mass is 452 g/mol. The van der Waals surface area contributed by atoms with Gasteiger partial charge in [0.25, 0.3) is 0 Å². The highest BCUT2D eigenvalue weighted by molar-refractivity contribution is 5.84. The number of nitrogens with two attached hydrogens (primary N) is 1. The van der Waals surface area contributed by atoms with Gasteiger partial charge in [0.15, 0.2) is 17.7 Å². The normalized spacial score (nSPS) is 18.5. The number of aryl methyl sites for hydroxylation is 1. The Kier molecular flexibility index (Phi) is 6.17. The molecule has 0 radical (unpaired) electrons. The van der Waals surface area contributed by atoms with Gasteiger partial charge in [-0.25, -0.2) is 24.5 Å². The van der Waals surface area contributed by atoms with Gasteiger partial charge in [-0.1, -0.05) is 51.1 Å². The zero-order valence-corrected chi connectivity index (χ0v) is 19.0. The van der Waals surface area contributed by atoms with Gasteiger partial charge in [0.05, 0.1) is 6.33 Å². The number of anilines is 1. The summed E-state index contributed by atoms with van der Waals surface area (Å²) >= 11 is 0. The van der Waals surface area contributed by atoms with Crippen molar-refractivity contribution in [3.63, 3.8) is 0 Å². The summed E-state index contributed by atoms with van der Waals surface area (Å²) in [5.74, 6) is -0.105. The molecule has 2 aromatic heterocycles. The van der Waals surface area contributed by atoms with E-state index in [1.165, 1.54) is 11.2 Å². The van der Waals surface area contributed by atoms with E-state index in [9.17, 15) is 9.59 Å². The van der Waals surface area contributed by atoms with Gasteiger partial charge in [-0.05, 0) is 18.4 Å². The number of nitrogen functional groups attached to an aromatic ring is 1. The summed E-state index contributed by atoms with van der Waals surface area (Å²) in [7, 11) is 0. The van der Waals surface area contributed by atoms with E-state index in [1.807, 2.05) is 55.7 Å². The number of hydrogen-bond acceptors (Lipinski definition) is 8. The van der Waals surface area contributed by atoms with Crippen molar-refractivity contribution in [1.29, 1.82) is 0 Å². The Morgan fingerprint density at radius 3 is 2.67 bits per heavy atom. The number of benzene rings is 1. The number of carbonyl (C=O) groups excluding carboxylic acids is 2. The van der Waals surface area contributed by atoms with Gasteiger partial charge in [0.1, 0.15) is 24.5 Å². The third-order valence-corrected chi connectivity index (χ3v) is 5.55. The lowest BCUT2D eigenvalue weighted by Crippen LogP contribution is -2.48. The maximum Gasteiger partial charge on any atom is 0.413 e. The van der Waals surface area contributed by atoms with Crippen molar-refractivity contribution in [2.45, 2.75) is 59.0 Å². The second kappa shape index (κ2) is 9.05. The molecule has 1 fully saturated rings. The Morgan fingerprint density at radius 1 is 1.18 bits per heavy atom. The fourth-order valence-corrected chi connectivity index (χ4v) is 3.91. The number of esters is 1. The van der Waals surface area contributed by atoms with Crippen LogP contribution in [0.25, 0.3) is 11.2 Å². The van der Waals surface area contributed by atoms with Crippen LogP contribution in [0.5, 0.6) is 0 Å². The number of rotatable bonds is 6. The molecule has 10 heteroatoms. The highest BCUT2D eigenvalue weighted by Gasteiger charge is 2.50. The largest absolute Gasteiger partial charge is 0.444 e. The molecule has 0 aliphatic carbocycles. The van der Waals surface area contributed by atoms with Crippen molar-refractivity contribution < 1.29 is 19.1 Å². The second-order valence-corrected chi connectivity index (χ2v) is 9.13. The van der Waals surface area contributed by atoms with Crippen molar-refractivity contribution >= 4 is 29.0 Å². The average molecular weight is 453 g/mol. The van der Waals surface area contributed by atoms with E-state index in [4.69, 9.17) is 15.2 Å². The Hall–Kier alpha value is -3.69. The van der Waals surface area contributed by atoms with E-state index >= 15 is 0 Å². The molecule has 0 unspecified atom stereocenters. The Balaban J connectivity index is 1.46. The Labute approximate surface area is 191 Å². The van der Waals surface area contributed by atoms with Crippen molar-refractivity contribution in [1.82, 2.24) is 24.4 Å². The number of amides is 1. The molecule has 33 heavy (non-hydrogen) atoms. The minimum Gasteiger partial charge on any atom is -0.444 e. The summed E-state index contributed by atoms with van der Waals surface area (Å²) in [4.78, 5) is 39.7. The summed E-state index contributed by atoms with van der Waals surface area (Å²) in [6, 6.07) is 8.68. The van der Waals surface area contributed by atoms with Gasteiger partial charge in [0, 0.05) is 12.0 Å². The molecule has 1 aliphatic heterocycles. The molecule has 1 aliphatic rings. The lowest BCUT2D eigenvalue weighted by atomic mass is 9.93. The SMILES string of the molecule is CC(C)(C)[C@@H]1OC(=O)[C@H](CCCn2cnc3c(N)ncnc32)N1C(=O)OCc1ccccc1. The lowest BCUT2D eigenvalue weighted by molar-refractivity contribution is -0.147. The van der Waals surface area contributed by atoms with Crippen LogP contribution in [0.1, 0.15) is 39.2 Å². The smallest absolute Gasteiger partial charge is 0.413 e. The molecule has 10 nitrogen and oxygen atoms in total. The highest BCUT2D eigenvalue weighted by atomic mass is 16.6. The van der Waals surface area contributed by atoms with Gasteiger partial charge in [0.2, 0.25) is 0 Å². The molecule has 3 aromatic rings. The van der Waals surface area contributed by atoms with Crippen molar-refractivity contribution in [2.75, 3.05) is 5.73 Å². The Morgan fingerprint density at radius 2 is 1.94 bits per heavy atom. The third kappa shape index (κ3) is 4.74. The first kappa shape index (κ1) is 22.5. The van der Waals surface area contributed by atoms with Gasteiger partial charge >= 0.3 is 12.1 Å². The topological polar surface area (TPSA) is 125 Å². The van der Waals surface area contributed by atoms with Crippen LogP contribution in [0, 0.1) is 5.41 Å². The summed E-state index contributed by atoms with van der Waals surface area (Å²) in [6.07, 6.45) is 2.76. The molecule has 1 saturated heterocycles. The number of carbonyl (C=O) groups is 2. The number of cyclic esters (lactones) is 1.